The fourth-order valence-electron chi connectivity index (χ4n) is 2.43. The maximum Gasteiger partial charge on any atom is 0.0355 e. The van der Waals surface area contributed by atoms with Gasteiger partial charge in [-0.2, -0.15) is 0 Å². The highest BCUT2D eigenvalue weighted by molar-refractivity contribution is 9.10. The summed E-state index contributed by atoms with van der Waals surface area (Å²) in [6.45, 7) is 0. The van der Waals surface area contributed by atoms with E-state index in [4.69, 9.17) is 0 Å². The van der Waals surface area contributed by atoms with Gasteiger partial charge in [0.25, 0.3) is 0 Å². The number of halogens is 2. The molecular formula is C18H13Br2N. The summed E-state index contributed by atoms with van der Waals surface area (Å²) in [4.78, 5) is 4.27. The lowest BCUT2D eigenvalue weighted by Crippen LogP contribution is -2.03. The maximum absolute atomic E-state index is 4.27. The second-order valence-corrected chi connectivity index (χ2v) is 6.65. The molecule has 0 aliphatic rings. The molecule has 0 spiro atoms. The zero-order chi connectivity index (χ0) is 14.7. The smallest absolute Gasteiger partial charge is 0.0355 e. The quantitative estimate of drug-likeness (QED) is 0.540. The summed E-state index contributed by atoms with van der Waals surface area (Å²) in [7, 11) is 0. The zero-order valence-electron chi connectivity index (χ0n) is 11.2. The van der Waals surface area contributed by atoms with Crippen molar-refractivity contribution in [3.8, 4) is 0 Å². The first-order valence-corrected chi connectivity index (χ1v) is 8.23. The van der Waals surface area contributed by atoms with E-state index in [2.05, 4.69) is 91.4 Å². The molecule has 1 heterocycles. The Labute approximate surface area is 141 Å². The van der Waals surface area contributed by atoms with Crippen LogP contribution in [0.15, 0.2) is 82.0 Å². The Morgan fingerprint density at radius 3 is 1.62 bits per heavy atom. The minimum absolute atomic E-state index is 0.194. The van der Waals surface area contributed by atoms with Gasteiger partial charge >= 0.3 is 0 Å². The van der Waals surface area contributed by atoms with Gasteiger partial charge in [0, 0.05) is 27.3 Å². The molecule has 0 N–H and O–H groups in total. The van der Waals surface area contributed by atoms with Crippen LogP contribution >= 0.6 is 31.9 Å². The molecule has 0 saturated heterocycles. The molecule has 21 heavy (non-hydrogen) atoms. The molecule has 0 fully saturated rings. The molecule has 3 heteroatoms. The van der Waals surface area contributed by atoms with Crippen LogP contribution in [0.4, 0.5) is 0 Å². The number of benzene rings is 2. The van der Waals surface area contributed by atoms with E-state index in [1.54, 1.807) is 0 Å². The van der Waals surface area contributed by atoms with Gasteiger partial charge in [-0.25, -0.2) is 0 Å². The van der Waals surface area contributed by atoms with E-state index in [0.717, 1.165) is 8.95 Å². The Morgan fingerprint density at radius 2 is 1.19 bits per heavy atom. The molecule has 1 aromatic heterocycles. The van der Waals surface area contributed by atoms with Crippen molar-refractivity contribution in [1.29, 1.82) is 0 Å². The van der Waals surface area contributed by atoms with Crippen molar-refractivity contribution in [2.45, 2.75) is 5.92 Å². The standard InChI is InChI=1S/C18H13Br2N/c19-16-7-3-13(4-8-16)18(15-2-1-11-21-12-15)14-5-9-17(20)10-6-14/h1-12,18H. The molecular weight excluding hydrogens is 390 g/mol. The van der Waals surface area contributed by atoms with E-state index in [1.807, 2.05) is 18.5 Å². The van der Waals surface area contributed by atoms with Crippen LogP contribution in [-0.2, 0) is 0 Å². The van der Waals surface area contributed by atoms with Gasteiger partial charge in [0.05, 0.1) is 0 Å². The molecule has 3 aromatic rings. The van der Waals surface area contributed by atoms with Crippen LogP contribution in [0.1, 0.15) is 22.6 Å². The van der Waals surface area contributed by atoms with Gasteiger partial charge in [0.2, 0.25) is 0 Å². The average molecular weight is 403 g/mol. The molecule has 0 bridgehead atoms. The number of pyridine rings is 1. The molecule has 0 atom stereocenters. The highest BCUT2D eigenvalue weighted by Crippen LogP contribution is 2.32. The first-order valence-electron chi connectivity index (χ1n) is 6.65. The third kappa shape index (κ3) is 3.42. The SMILES string of the molecule is Brc1ccc(C(c2ccc(Br)cc2)c2cccnc2)cc1. The Hall–Kier alpha value is -1.45. The molecule has 3 rings (SSSR count). The first-order chi connectivity index (χ1) is 10.2. The summed E-state index contributed by atoms with van der Waals surface area (Å²) in [5.74, 6) is 0.194. The van der Waals surface area contributed by atoms with Gasteiger partial charge in [-0.05, 0) is 47.0 Å². The van der Waals surface area contributed by atoms with Gasteiger partial charge in [0.15, 0.2) is 0 Å². The van der Waals surface area contributed by atoms with Crippen molar-refractivity contribution >= 4 is 31.9 Å². The Balaban J connectivity index is 2.11. The van der Waals surface area contributed by atoms with E-state index in [1.165, 1.54) is 16.7 Å². The van der Waals surface area contributed by atoms with Crippen molar-refractivity contribution in [3.05, 3.63) is 98.7 Å². The van der Waals surface area contributed by atoms with Crippen LogP contribution in [0.5, 0.6) is 0 Å². The van der Waals surface area contributed by atoms with E-state index < -0.39 is 0 Å². The summed E-state index contributed by atoms with van der Waals surface area (Å²) in [6, 6.07) is 21.1. The van der Waals surface area contributed by atoms with Crippen molar-refractivity contribution in [3.63, 3.8) is 0 Å². The monoisotopic (exact) mass is 401 g/mol. The van der Waals surface area contributed by atoms with Gasteiger partial charge in [-0.15, -0.1) is 0 Å². The fraction of sp³-hybridized carbons (Fsp3) is 0.0556. The van der Waals surface area contributed by atoms with E-state index in [-0.39, 0.29) is 5.92 Å². The van der Waals surface area contributed by atoms with Crippen molar-refractivity contribution in [1.82, 2.24) is 4.98 Å². The maximum atomic E-state index is 4.27. The molecule has 2 aromatic carbocycles. The minimum Gasteiger partial charge on any atom is -0.264 e. The van der Waals surface area contributed by atoms with Crippen molar-refractivity contribution in [2.75, 3.05) is 0 Å². The molecule has 0 amide bonds. The molecule has 104 valence electrons. The van der Waals surface area contributed by atoms with Crippen LogP contribution in [0.25, 0.3) is 0 Å². The predicted molar refractivity (Wildman–Crippen MR) is 93.5 cm³/mol. The van der Waals surface area contributed by atoms with Gasteiger partial charge in [0.1, 0.15) is 0 Å². The summed E-state index contributed by atoms with van der Waals surface area (Å²) in [6.07, 6.45) is 3.75. The lowest BCUT2D eigenvalue weighted by molar-refractivity contribution is 0.962. The molecule has 0 unspecified atom stereocenters. The Morgan fingerprint density at radius 1 is 0.667 bits per heavy atom. The third-order valence-corrected chi connectivity index (χ3v) is 4.48. The number of hydrogen-bond donors (Lipinski definition) is 0. The highest BCUT2D eigenvalue weighted by Gasteiger charge is 2.16. The fourth-order valence-corrected chi connectivity index (χ4v) is 2.96. The number of hydrogen-bond acceptors (Lipinski definition) is 1. The van der Waals surface area contributed by atoms with Crippen LogP contribution < -0.4 is 0 Å². The topological polar surface area (TPSA) is 12.9 Å². The van der Waals surface area contributed by atoms with Gasteiger partial charge in [-0.3, -0.25) is 4.98 Å². The van der Waals surface area contributed by atoms with Crippen molar-refractivity contribution < 1.29 is 0 Å². The summed E-state index contributed by atoms with van der Waals surface area (Å²) >= 11 is 7.00. The largest absolute Gasteiger partial charge is 0.264 e. The summed E-state index contributed by atoms with van der Waals surface area (Å²) in [5.41, 5.74) is 3.71. The van der Waals surface area contributed by atoms with Gasteiger partial charge in [-0.1, -0.05) is 62.2 Å². The van der Waals surface area contributed by atoms with Crippen molar-refractivity contribution in [2.24, 2.45) is 0 Å². The molecule has 0 aliphatic heterocycles. The Kier molecular flexibility index (Phi) is 4.51. The Bertz CT molecular complexity index is 661. The van der Waals surface area contributed by atoms with Crippen LogP contribution in [0.3, 0.4) is 0 Å². The second-order valence-electron chi connectivity index (χ2n) is 4.82. The lowest BCUT2D eigenvalue weighted by atomic mass is 9.86. The van der Waals surface area contributed by atoms with E-state index in [0.29, 0.717) is 0 Å². The number of nitrogens with zero attached hydrogens (tertiary/aromatic N) is 1. The van der Waals surface area contributed by atoms with Gasteiger partial charge < -0.3 is 0 Å². The first kappa shape index (κ1) is 14.5. The third-order valence-electron chi connectivity index (χ3n) is 3.42. The molecule has 0 saturated carbocycles. The van der Waals surface area contributed by atoms with Crippen LogP contribution in [-0.4, -0.2) is 4.98 Å². The number of aromatic nitrogens is 1. The zero-order valence-corrected chi connectivity index (χ0v) is 14.4. The molecule has 0 aliphatic carbocycles. The predicted octanol–water partition coefficient (Wildman–Crippen LogP) is 5.79. The minimum atomic E-state index is 0.194. The second kappa shape index (κ2) is 6.54. The van der Waals surface area contributed by atoms with E-state index >= 15 is 0 Å². The molecule has 0 radical (unpaired) electrons. The summed E-state index contributed by atoms with van der Waals surface area (Å²) in [5, 5.41) is 0. The summed E-state index contributed by atoms with van der Waals surface area (Å²) < 4.78 is 2.18. The average Bonchev–Trinajstić information content (AvgIpc) is 2.52. The highest BCUT2D eigenvalue weighted by atomic mass is 79.9. The lowest BCUT2D eigenvalue weighted by Gasteiger charge is -2.18. The van der Waals surface area contributed by atoms with Crippen LogP contribution in [0, 0.1) is 0 Å². The normalized spacial score (nSPS) is 10.8. The molecule has 1 nitrogen and oxygen atoms in total. The van der Waals surface area contributed by atoms with Crippen LogP contribution in [0.2, 0.25) is 0 Å². The number of rotatable bonds is 3. The van der Waals surface area contributed by atoms with E-state index in [9.17, 15) is 0 Å².